The van der Waals surface area contributed by atoms with Crippen molar-refractivity contribution in [2.24, 2.45) is 0 Å². The molecule has 1 unspecified atom stereocenters. The smallest absolute Gasteiger partial charge is 0.287 e. The van der Waals surface area contributed by atoms with E-state index in [1.807, 2.05) is 45.1 Å². The van der Waals surface area contributed by atoms with Gasteiger partial charge in [-0.05, 0) is 52.9 Å². The Balaban J connectivity index is 1.65. The lowest BCUT2D eigenvalue weighted by molar-refractivity contribution is 0.0908. The van der Waals surface area contributed by atoms with Gasteiger partial charge in [-0.25, -0.2) is 9.97 Å². The van der Waals surface area contributed by atoms with Gasteiger partial charge in [-0.3, -0.25) is 4.79 Å². The van der Waals surface area contributed by atoms with Gasteiger partial charge in [0.2, 0.25) is 5.95 Å². The lowest BCUT2D eigenvalue weighted by Gasteiger charge is -2.31. The Morgan fingerprint density at radius 2 is 1.97 bits per heavy atom. The number of hydrogen-bond donors (Lipinski definition) is 1. The first-order valence-electron chi connectivity index (χ1n) is 10.5. The van der Waals surface area contributed by atoms with Gasteiger partial charge in [0.1, 0.15) is 5.76 Å². The van der Waals surface area contributed by atoms with Crippen molar-refractivity contribution in [3.05, 3.63) is 41.1 Å². The van der Waals surface area contributed by atoms with Crippen LogP contribution in [0, 0.1) is 6.92 Å². The van der Waals surface area contributed by atoms with Gasteiger partial charge in [-0.1, -0.05) is 19.3 Å². The number of aryl methyl sites for hydroxylation is 1. The standard InChI is InChI=1S/C22H33N5O2/c1-15(24-21(28)20-12-11-18(29-20)14-26(3)4)19-13-23-22(25-16(19)2)27(5)17-9-7-6-8-10-17/h11-13,15,17H,6-10,14H2,1-5H3,(H,24,28). The Bertz CT molecular complexity index is 826. The molecule has 0 aliphatic heterocycles. The molecule has 0 radical (unpaired) electrons. The number of amides is 1. The van der Waals surface area contributed by atoms with Gasteiger partial charge in [0.15, 0.2) is 5.76 Å². The Labute approximate surface area is 173 Å². The SMILES string of the molecule is Cc1nc(N(C)C2CCCCC2)ncc1C(C)NC(=O)c1ccc(CN(C)C)o1. The van der Waals surface area contributed by atoms with Crippen LogP contribution in [-0.4, -0.2) is 48.0 Å². The first-order valence-corrected chi connectivity index (χ1v) is 10.5. The molecular weight excluding hydrogens is 366 g/mol. The van der Waals surface area contributed by atoms with Crippen LogP contribution in [0.1, 0.15) is 72.6 Å². The number of anilines is 1. The molecule has 7 heteroatoms. The molecule has 1 amide bonds. The fourth-order valence-electron chi connectivity index (χ4n) is 3.93. The molecule has 1 aliphatic carbocycles. The van der Waals surface area contributed by atoms with E-state index in [1.54, 1.807) is 6.07 Å². The average Bonchev–Trinajstić information content (AvgIpc) is 3.15. The van der Waals surface area contributed by atoms with Crippen LogP contribution in [-0.2, 0) is 6.54 Å². The summed E-state index contributed by atoms with van der Waals surface area (Å²) in [5, 5.41) is 2.99. The summed E-state index contributed by atoms with van der Waals surface area (Å²) in [4.78, 5) is 26.1. The highest BCUT2D eigenvalue weighted by atomic mass is 16.4. The number of hydrogen-bond acceptors (Lipinski definition) is 6. The van der Waals surface area contributed by atoms with E-state index in [-0.39, 0.29) is 11.9 Å². The number of nitrogens with one attached hydrogen (secondary N) is 1. The topological polar surface area (TPSA) is 74.5 Å². The van der Waals surface area contributed by atoms with Crippen LogP contribution in [0.15, 0.2) is 22.7 Å². The highest BCUT2D eigenvalue weighted by molar-refractivity contribution is 5.91. The van der Waals surface area contributed by atoms with Crippen molar-refractivity contribution in [2.45, 2.75) is 64.6 Å². The van der Waals surface area contributed by atoms with Crippen molar-refractivity contribution in [1.82, 2.24) is 20.2 Å². The molecule has 7 nitrogen and oxygen atoms in total. The van der Waals surface area contributed by atoms with Crippen LogP contribution in [0.3, 0.4) is 0 Å². The Hall–Kier alpha value is -2.41. The Kier molecular flexibility index (Phi) is 6.90. The predicted molar refractivity (Wildman–Crippen MR) is 114 cm³/mol. The fourth-order valence-corrected chi connectivity index (χ4v) is 3.93. The van der Waals surface area contributed by atoms with Gasteiger partial charge >= 0.3 is 0 Å². The van der Waals surface area contributed by atoms with E-state index in [0.717, 1.165) is 23.0 Å². The molecule has 1 aliphatic rings. The molecule has 0 saturated heterocycles. The highest BCUT2D eigenvalue weighted by Crippen LogP contribution is 2.25. The molecule has 1 N–H and O–H groups in total. The summed E-state index contributed by atoms with van der Waals surface area (Å²) in [5.41, 5.74) is 1.80. The lowest BCUT2D eigenvalue weighted by atomic mass is 9.95. The zero-order valence-corrected chi connectivity index (χ0v) is 18.2. The van der Waals surface area contributed by atoms with E-state index >= 15 is 0 Å². The first kappa shape index (κ1) is 21.3. The number of carbonyl (C=O) groups is 1. The molecule has 0 bridgehead atoms. The minimum absolute atomic E-state index is 0.209. The average molecular weight is 400 g/mol. The maximum absolute atomic E-state index is 12.6. The van der Waals surface area contributed by atoms with Crippen molar-refractivity contribution in [3.8, 4) is 0 Å². The summed E-state index contributed by atoms with van der Waals surface area (Å²) < 4.78 is 5.65. The van der Waals surface area contributed by atoms with Gasteiger partial charge in [0.25, 0.3) is 5.91 Å². The van der Waals surface area contributed by atoms with Gasteiger partial charge in [0.05, 0.1) is 12.6 Å². The largest absolute Gasteiger partial charge is 0.455 e. The third-order valence-electron chi connectivity index (χ3n) is 5.61. The molecule has 1 atom stereocenters. The summed E-state index contributed by atoms with van der Waals surface area (Å²) in [6, 6.07) is 3.86. The molecular formula is C22H33N5O2. The van der Waals surface area contributed by atoms with Crippen LogP contribution in [0.5, 0.6) is 0 Å². The molecule has 0 spiro atoms. The summed E-state index contributed by atoms with van der Waals surface area (Å²) in [6.07, 6.45) is 8.11. The van der Waals surface area contributed by atoms with E-state index in [0.29, 0.717) is 18.3 Å². The van der Waals surface area contributed by atoms with Crippen molar-refractivity contribution in [1.29, 1.82) is 0 Å². The summed E-state index contributed by atoms with van der Waals surface area (Å²) in [5.74, 6) is 1.62. The summed E-state index contributed by atoms with van der Waals surface area (Å²) >= 11 is 0. The number of nitrogens with zero attached hydrogens (tertiary/aromatic N) is 4. The maximum atomic E-state index is 12.6. The van der Waals surface area contributed by atoms with Crippen molar-refractivity contribution in [2.75, 3.05) is 26.0 Å². The number of aromatic nitrogens is 2. The molecule has 0 aromatic carbocycles. The highest BCUT2D eigenvalue weighted by Gasteiger charge is 2.22. The number of furan rings is 1. The summed E-state index contributed by atoms with van der Waals surface area (Å²) in [7, 11) is 6.00. The van der Waals surface area contributed by atoms with Crippen LogP contribution in [0.4, 0.5) is 5.95 Å². The minimum atomic E-state index is -0.231. The van der Waals surface area contributed by atoms with Gasteiger partial charge in [-0.2, -0.15) is 0 Å². The normalized spacial score (nSPS) is 16.1. The lowest BCUT2D eigenvalue weighted by Crippen LogP contribution is -2.35. The van der Waals surface area contributed by atoms with E-state index < -0.39 is 0 Å². The third kappa shape index (κ3) is 5.35. The van der Waals surface area contributed by atoms with E-state index in [4.69, 9.17) is 9.40 Å². The zero-order chi connectivity index (χ0) is 21.0. The van der Waals surface area contributed by atoms with E-state index in [2.05, 4.69) is 22.2 Å². The Morgan fingerprint density at radius 1 is 1.24 bits per heavy atom. The van der Waals surface area contributed by atoms with Crippen LogP contribution in [0.2, 0.25) is 0 Å². The molecule has 2 aromatic rings. The second-order valence-electron chi connectivity index (χ2n) is 8.31. The van der Waals surface area contributed by atoms with Crippen LogP contribution < -0.4 is 10.2 Å². The fraction of sp³-hybridized carbons (Fsp3) is 0.591. The second-order valence-corrected chi connectivity index (χ2v) is 8.31. The summed E-state index contributed by atoms with van der Waals surface area (Å²) in [6.45, 7) is 4.57. The zero-order valence-electron chi connectivity index (χ0n) is 18.2. The van der Waals surface area contributed by atoms with Gasteiger partial charge < -0.3 is 19.5 Å². The van der Waals surface area contributed by atoms with E-state index in [9.17, 15) is 4.79 Å². The quantitative estimate of drug-likeness (QED) is 0.765. The van der Waals surface area contributed by atoms with Crippen LogP contribution >= 0.6 is 0 Å². The van der Waals surface area contributed by atoms with E-state index in [1.165, 1.54) is 32.1 Å². The molecule has 29 heavy (non-hydrogen) atoms. The second kappa shape index (κ2) is 9.39. The minimum Gasteiger partial charge on any atom is -0.455 e. The monoisotopic (exact) mass is 399 g/mol. The maximum Gasteiger partial charge on any atom is 0.287 e. The Morgan fingerprint density at radius 3 is 2.62 bits per heavy atom. The molecule has 2 aromatic heterocycles. The third-order valence-corrected chi connectivity index (χ3v) is 5.61. The molecule has 1 saturated carbocycles. The molecule has 2 heterocycles. The van der Waals surface area contributed by atoms with Crippen LogP contribution in [0.25, 0.3) is 0 Å². The number of rotatable bonds is 7. The number of carbonyl (C=O) groups excluding carboxylic acids is 1. The van der Waals surface area contributed by atoms with Crippen molar-refractivity contribution in [3.63, 3.8) is 0 Å². The van der Waals surface area contributed by atoms with Crippen molar-refractivity contribution < 1.29 is 9.21 Å². The molecule has 158 valence electrons. The first-order chi connectivity index (χ1) is 13.8. The van der Waals surface area contributed by atoms with Gasteiger partial charge in [-0.15, -0.1) is 0 Å². The molecule has 3 rings (SSSR count). The van der Waals surface area contributed by atoms with Crippen molar-refractivity contribution >= 4 is 11.9 Å². The van der Waals surface area contributed by atoms with Gasteiger partial charge in [0, 0.05) is 30.5 Å². The predicted octanol–water partition coefficient (Wildman–Crippen LogP) is 3.70. The molecule has 1 fully saturated rings.